The van der Waals surface area contributed by atoms with E-state index >= 15 is 0 Å². The van der Waals surface area contributed by atoms with Gasteiger partial charge in [-0.25, -0.2) is 4.79 Å². The molecule has 1 aromatic heterocycles. The highest BCUT2D eigenvalue weighted by atomic mass is 16.2. The summed E-state index contributed by atoms with van der Waals surface area (Å²) in [6, 6.07) is 11.3. The average Bonchev–Trinajstić information content (AvgIpc) is 3.29. The molecular formula is C20H26N4O. The summed E-state index contributed by atoms with van der Waals surface area (Å²) in [7, 11) is 0. The lowest BCUT2D eigenvalue weighted by Crippen LogP contribution is -2.48. The number of likely N-dealkylation sites (tertiary alicyclic amines) is 1. The summed E-state index contributed by atoms with van der Waals surface area (Å²) in [4.78, 5) is 14.8. The zero-order chi connectivity index (χ0) is 17.1. The van der Waals surface area contributed by atoms with Crippen molar-refractivity contribution in [1.82, 2.24) is 20.4 Å². The monoisotopic (exact) mass is 338 g/mol. The van der Waals surface area contributed by atoms with E-state index in [1.165, 1.54) is 16.8 Å². The number of benzene rings is 1. The predicted octanol–water partition coefficient (Wildman–Crippen LogP) is 3.07. The average molecular weight is 338 g/mol. The predicted molar refractivity (Wildman–Crippen MR) is 97.4 cm³/mol. The molecule has 2 atom stereocenters. The van der Waals surface area contributed by atoms with E-state index in [4.69, 9.17) is 0 Å². The summed E-state index contributed by atoms with van der Waals surface area (Å²) < 4.78 is 0. The number of nitrogens with one attached hydrogen (secondary N) is 2. The second-order valence-electron chi connectivity index (χ2n) is 7.28. The lowest BCUT2D eigenvalue weighted by Gasteiger charge is -2.29. The third kappa shape index (κ3) is 3.70. The number of H-pyrrole nitrogens is 1. The topological polar surface area (TPSA) is 61.0 Å². The Labute approximate surface area is 148 Å². The van der Waals surface area contributed by atoms with Gasteiger partial charge in [0.2, 0.25) is 0 Å². The fourth-order valence-electron chi connectivity index (χ4n) is 4.18. The van der Waals surface area contributed by atoms with Gasteiger partial charge in [-0.2, -0.15) is 5.10 Å². The molecule has 4 rings (SSSR count). The summed E-state index contributed by atoms with van der Waals surface area (Å²) in [5, 5.41) is 10.4. The van der Waals surface area contributed by atoms with Crippen molar-refractivity contribution in [2.75, 3.05) is 6.54 Å². The molecule has 1 saturated heterocycles. The van der Waals surface area contributed by atoms with Crippen LogP contribution in [0.1, 0.15) is 42.5 Å². The van der Waals surface area contributed by atoms with Gasteiger partial charge in [0.25, 0.3) is 0 Å². The Kier molecular flexibility index (Phi) is 4.72. The highest BCUT2D eigenvalue weighted by Crippen LogP contribution is 2.23. The first kappa shape index (κ1) is 16.2. The Morgan fingerprint density at radius 3 is 3.04 bits per heavy atom. The molecule has 0 radical (unpaired) electrons. The zero-order valence-electron chi connectivity index (χ0n) is 14.6. The summed E-state index contributed by atoms with van der Waals surface area (Å²) in [6.45, 7) is 0.884. The normalized spacial score (nSPS) is 22.6. The van der Waals surface area contributed by atoms with Crippen LogP contribution in [0.5, 0.6) is 0 Å². The maximum Gasteiger partial charge on any atom is 0.317 e. The third-order valence-electron chi connectivity index (χ3n) is 5.59. The quantitative estimate of drug-likeness (QED) is 0.900. The minimum atomic E-state index is 0.118. The van der Waals surface area contributed by atoms with Crippen LogP contribution in [0, 0.1) is 0 Å². The molecule has 2 heterocycles. The van der Waals surface area contributed by atoms with Gasteiger partial charge in [-0.15, -0.1) is 0 Å². The standard InChI is InChI=1S/C20H26N4O/c25-20(22-17-9-11-19-16(13-17)14-21-23-19)24-12-4-7-18(24)10-8-15-5-2-1-3-6-15/h1-3,5-6,14,17-18H,4,7-13H2,(H,21,23)(H,22,25). The van der Waals surface area contributed by atoms with Crippen LogP contribution in [0.3, 0.4) is 0 Å². The van der Waals surface area contributed by atoms with Crippen molar-refractivity contribution in [3.63, 3.8) is 0 Å². The summed E-state index contributed by atoms with van der Waals surface area (Å²) in [5.41, 5.74) is 3.83. The summed E-state index contributed by atoms with van der Waals surface area (Å²) >= 11 is 0. The molecule has 5 nitrogen and oxygen atoms in total. The molecule has 0 bridgehead atoms. The molecule has 25 heavy (non-hydrogen) atoms. The molecule has 0 saturated carbocycles. The van der Waals surface area contributed by atoms with E-state index < -0.39 is 0 Å². The van der Waals surface area contributed by atoms with Crippen LogP contribution in [0.15, 0.2) is 36.5 Å². The number of amides is 2. The number of rotatable bonds is 4. The van der Waals surface area contributed by atoms with E-state index in [9.17, 15) is 4.79 Å². The Bertz CT molecular complexity index is 711. The number of carbonyl (C=O) groups excluding carboxylic acids is 1. The summed E-state index contributed by atoms with van der Waals surface area (Å²) in [5.74, 6) is 0. The molecular weight excluding hydrogens is 312 g/mol. The molecule has 132 valence electrons. The minimum Gasteiger partial charge on any atom is -0.335 e. The molecule has 2 aromatic rings. The van der Waals surface area contributed by atoms with Crippen molar-refractivity contribution in [2.24, 2.45) is 0 Å². The maximum absolute atomic E-state index is 12.8. The summed E-state index contributed by atoms with van der Waals surface area (Å²) in [6.07, 6.45) is 9.07. The van der Waals surface area contributed by atoms with Gasteiger partial charge in [0.15, 0.2) is 0 Å². The van der Waals surface area contributed by atoms with E-state index in [-0.39, 0.29) is 12.1 Å². The van der Waals surface area contributed by atoms with Gasteiger partial charge < -0.3 is 10.2 Å². The van der Waals surface area contributed by atoms with Gasteiger partial charge in [-0.1, -0.05) is 30.3 Å². The van der Waals surface area contributed by atoms with Gasteiger partial charge in [-0.3, -0.25) is 5.10 Å². The Hall–Kier alpha value is -2.30. The Morgan fingerprint density at radius 2 is 2.16 bits per heavy atom. The van der Waals surface area contributed by atoms with Gasteiger partial charge in [-0.05, 0) is 56.1 Å². The van der Waals surface area contributed by atoms with Crippen LogP contribution in [0.4, 0.5) is 4.79 Å². The van der Waals surface area contributed by atoms with Crippen molar-refractivity contribution in [3.05, 3.63) is 53.3 Å². The second kappa shape index (κ2) is 7.30. The fourth-order valence-corrected chi connectivity index (χ4v) is 4.18. The number of aromatic amines is 1. The Morgan fingerprint density at radius 1 is 1.28 bits per heavy atom. The number of carbonyl (C=O) groups is 1. The second-order valence-corrected chi connectivity index (χ2v) is 7.28. The van der Waals surface area contributed by atoms with E-state index in [0.29, 0.717) is 6.04 Å². The van der Waals surface area contributed by atoms with Crippen LogP contribution in [0.2, 0.25) is 0 Å². The molecule has 1 fully saturated rings. The van der Waals surface area contributed by atoms with E-state index in [1.807, 2.05) is 6.20 Å². The van der Waals surface area contributed by atoms with Crippen LogP contribution in [0.25, 0.3) is 0 Å². The first-order chi connectivity index (χ1) is 12.3. The van der Waals surface area contributed by atoms with Crippen LogP contribution in [-0.4, -0.2) is 39.8 Å². The highest BCUT2D eigenvalue weighted by molar-refractivity contribution is 5.75. The minimum absolute atomic E-state index is 0.118. The SMILES string of the molecule is O=C(NC1CCc2[nH]ncc2C1)N1CCCC1CCc1ccccc1. The molecule has 1 aromatic carbocycles. The smallest absolute Gasteiger partial charge is 0.317 e. The molecule has 1 aliphatic heterocycles. The molecule has 5 heteroatoms. The van der Waals surface area contributed by atoms with E-state index in [2.05, 4.69) is 50.7 Å². The highest BCUT2D eigenvalue weighted by Gasteiger charge is 2.30. The van der Waals surface area contributed by atoms with Gasteiger partial charge in [0.05, 0.1) is 6.20 Å². The van der Waals surface area contributed by atoms with E-state index in [1.54, 1.807) is 0 Å². The number of hydrogen-bond donors (Lipinski definition) is 2. The molecule has 2 amide bonds. The molecule has 2 N–H and O–H groups in total. The number of hydrogen-bond acceptors (Lipinski definition) is 2. The lowest BCUT2D eigenvalue weighted by atomic mass is 9.94. The number of aromatic nitrogens is 2. The van der Waals surface area contributed by atoms with Gasteiger partial charge in [0, 0.05) is 24.3 Å². The number of aryl methyl sites for hydroxylation is 2. The maximum atomic E-state index is 12.8. The molecule has 2 unspecified atom stereocenters. The van der Waals surface area contributed by atoms with Gasteiger partial charge >= 0.3 is 6.03 Å². The van der Waals surface area contributed by atoms with E-state index in [0.717, 1.165) is 51.5 Å². The van der Waals surface area contributed by atoms with Crippen LogP contribution >= 0.6 is 0 Å². The number of urea groups is 1. The number of nitrogens with zero attached hydrogens (tertiary/aromatic N) is 2. The third-order valence-corrected chi connectivity index (χ3v) is 5.59. The fraction of sp³-hybridized carbons (Fsp3) is 0.500. The number of fused-ring (bicyclic) bond motifs is 1. The van der Waals surface area contributed by atoms with Crippen LogP contribution in [-0.2, 0) is 19.3 Å². The Balaban J connectivity index is 1.31. The van der Waals surface area contributed by atoms with Crippen LogP contribution < -0.4 is 5.32 Å². The van der Waals surface area contributed by atoms with Crippen molar-refractivity contribution in [1.29, 1.82) is 0 Å². The largest absolute Gasteiger partial charge is 0.335 e. The molecule has 1 aliphatic carbocycles. The zero-order valence-corrected chi connectivity index (χ0v) is 14.6. The van der Waals surface area contributed by atoms with Crippen molar-refractivity contribution < 1.29 is 4.79 Å². The molecule has 2 aliphatic rings. The first-order valence-corrected chi connectivity index (χ1v) is 9.42. The van der Waals surface area contributed by atoms with Crippen molar-refractivity contribution in [2.45, 2.75) is 57.0 Å². The lowest BCUT2D eigenvalue weighted by molar-refractivity contribution is 0.185. The van der Waals surface area contributed by atoms with Crippen molar-refractivity contribution in [3.8, 4) is 0 Å². The van der Waals surface area contributed by atoms with Crippen molar-refractivity contribution >= 4 is 6.03 Å². The molecule has 0 spiro atoms. The van der Waals surface area contributed by atoms with Gasteiger partial charge in [0.1, 0.15) is 0 Å². The first-order valence-electron chi connectivity index (χ1n) is 9.42.